The fraction of sp³-hybridized carbons (Fsp3) is 0.750. The molecule has 0 aliphatic heterocycles. The monoisotopic (exact) mass is 245 g/mol. The maximum absolute atomic E-state index is 4.48. The van der Waals surface area contributed by atoms with Gasteiger partial charge < -0.3 is 5.32 Å². The first kappa shape index (κ1) is 15.5. The second-order valence-corrected chi connectivity index (χ2v) is 4.03. The van der Waals surface area contributed by atoms with Crippen LogP contribution >= 0.6 is 12.4 Å². The van der Waals surface area contributed by atoms with Gasteiger partial charge in [0, 0.05) is 24.8 Å². The summed E-state index contributed by atoms with van der Waals surface area (Å²) in [6.45, 7) is 9.56. The summed E-state index contributed by atoms with van der Waals surface area (Å²) in [6.07, 6.45) is 5.81. The number of rotatable bonds is 7. The van der Waals surface area contributed by atoms with Crippen molar-refractivity contribution in [1.82, 2.24) is 15.1 Å². The van der Waals surface area contributed by atoms with Crippen LogP contribution in [0.2, 0.25) is 0 Å². The van der Waals surface area contributed by atoms with Crippen LogP contribution in [0.3, 0.4) is 0 Å². The minimum absolute atomic E-state index is 0. The molecule has 0 radical (unpaired) electrons. The van der Waals surface area contributed by atoms with Gasteiger partial charge >= 0.3 is 0 Å². The van der Waals surface area contributed by atoms with Crippen LogP contribution in [0.5, 0.6) is 0 Å². The molecule has 1 rings (SSSR count). The van der Waals surface area contributed by atoms with E-state index in [1.807, 2.05) is 4.68 Å². The molecule has 4 heteroatoms. The fourth-order valence-electron chi connectivity index (χ4n) is 1.60. The molecule has 0 spiro atoms. The lowest BCUT2D eigenvalue weighted by Crippen LogP contribution is -2.14. The molecule has 16 heavy (non-hydrogen) atoms. The first-order valence-corrected chi connectivity index (χ1v) is 6.01. The highest BCUT2D eigenvalue weighted by atomic mass is 35.5. The predicted octanol–water partition coefficient (Wildman–Crippen LogP) is 2.91. The van der Waals surface area contributed by atoms with E-state index in [2.05, 4.69) is 37.4 Å². The van der Waals surface area contributed by atoms with Crippen molar-refractivity contribution in [3.05, 3.63) is 17.5 Å². The average Bonchev–Trinajstić information content (AvgIpc) is 2.55. The Labute approximate surface area is 105 Å². The van der Waals surface area contributed by atoms with Crippen molar-refractivity contribution >= 4 is 12.4 Å². The summed E-state index contributed by atoms with van der Waals surface area (Å²) in [5.41, 5.74) is 2.49. The lowest BCUT2D eigenvalue weighted by molar-refractivity contribution is 0.597. The second-order valence-electron chi connectivity index (χ2n) is 4.03. The molecule has 3 nitrogen and oxygen atoms in total. The smallest absolute Gasteiger partial charge is 0.0638 e. The summed E-state index contributed by atoms with van der Waals surface area (Å²) in [5.74, 6) is 0. The molecule has 0 saturated heterocycles. The van der Waals surface area contributed by atoms with Crippen LogP contribution in [-0.2, 0) is 13.1 Å². The highest BCUT2D eigenvalue weighted by Crippen LogP contribution is 2.05. The largest absolute Gasteiger partial charge is 0.313 e. The van der Waals surface area contributed by atoms with Gasteiger partial charge in [-0.2, -0.15) is 5.10 Å². The van der Waals surface area contributed by atoms with E-state index in [-0.39, 0.29) is 12.4 Å². The van der Waals surface area contributed by atoms with E-state index in [1.54, 1.807) is 0 Å². The Balaban J connectivity index is 0.00000225. The molecule has 1 aromatic rings. The number of unbranched alkanes of at least 4 members (excludes halogenated alkanes) is 1. The Hall–Kier alpha value is -0.540. The maximum atomic E-state index is 4.48. The summed E-state index contributed by atoms with van der Waals surface area (Å²) < 4.78 is 2.05. The summed E-state index contributed by atoms with van der Waals surface area (Å²) in [5, 5.41) is 7.92. The molecule has 0 bridgehead atoms. The van der Waals surface area contributed by atoms with Crippen molar-refractivity contribution in [2.45, 2.75) is 53.1 Å². The molecule has 0 unspecified atom stereocenters. The quantitative estimate of drug-likeness (QED) is 0.749. The summed E-state index contributed by atoms with van der Waals surface area (Å²) >= 11 is 0. The minimum Gasteiger partial charge on any atom is -0.313 e. The number of nitrogens with one attached hydrogen (secondary N) is 1. The molecule has 1 aromatic heterocycles. The lowest BCUT2D eigenvalue weighted by atomic mass is 10.2. The minimum atomic E-state index is 0. The Kier molecular flexibility index (Phi) is 8.30. The highest BCUT2D eigenvalue weighted by Gasteiger charge is 2.03. The van der Waals surface area contributed by atoms with Crippen molar-refractivity contribution < 1.29 is 0 Å². The zero-order valence-electron chi connectivity index (χ0n) is 10.6. The van der Waals surface area contributed by atoms with Crippen LogP contribution in [-0.4, -0.2) is 16.3 Å². The van der Waals surface area contributed by atoms with E-state index in [0.717, 1.165) is 31.7 Å². The Morgan fingerprint density at radius 3 is 2.69 bits per heavy atom. The molecular weight excluding hydrogens is 222 g/mol. The normalized spacial score (nSPS) is 10.2. The lowest BCUT2D eigenvalue weighted by Gasteiger charge is -2.01. The Morgan fingerprint density at radius 2 is 2.06 bits per heavy atom. The van der Waals surface area contributed by atoms with Crippen LogP contribution in [0.25, 0.3) is 0 Å². The van der Waals surface area contributed by atoms with Gasteiger partial charge in [-0.05, 0) is 26.3 Å². The molecule has 0 atom stereocenters. The number of halogens is 1. The average molecular weight is 246 g/mol. The van der Waals surface area contributed by atoms with Crippen molar-refractivity contribution in [3.8, 4) is 0 Å². The molecule has 0 saturated carbocycles. The van der Waals surface area contributed by atoms with Crippen LogP contribution in [0.4, 0.5) is 0 Å². The van der Waals surface area contributed by atoms with Crippen LogP contribution < -0.4 is 5.32 Å². The zero-order valence-corrected chi connectivity index (χ0v) is 11.4. The third-order valence-corrected chi connectivity index (χ3v) is 2.52. The number of hydrogen-bond donors (Lipinski definition) is 1. The molecular formula is C12H24ClN3. The Morgan fingerprint density at radius 1 is 1.31 bits per heavy atom. The van der Waals surface area contributed by atoms with Gasteiger partial charge in [0.2, 0.25) is 0 Å². The predicted molar refractivity (Wildman–Crippen MR) is 71.1 cm³/mol. The van der Waals surface area contributed by atoms with Crippen LogP contribution in [0, 0.1) is 6.92 Å². The first-order valence-electron chi connectivity index (χ1n) is 6.01. The van der Waals surface area contributed by atoms with Gasteiger partial charge in [-0.25, -0.2) is 0 Å². The van der Waals surface area contributed by atoms with E-state index in [9.17, 15) is 0 Å². The number of hydrogen-bond acceptors (Lipinski definition) is 2. The number of aryl methyl sites for hydroxylation is 2. The third-order valence-electron chi connectivity index (χ3n) is 2.52. The molecule has 94 valence electrons. The van der Waals surface area contributed by atoms with Crippen molar-refractivity contribution in [1.29, 1.82) is 0 Å². The molecule has 0 aromatic carbocycles. The van der Waals surface area contributed by atoms with E-state index in [4.69, 9.17) is 0 Å². The SMILES string of the molecule is CCCCNCc1cn(CCC)nc1C.Cl. The second kappa shape index (κ2) is 8.59. The molecule has 1 heterocycles. The zero-order chi connectivity index (χ0) is 11.1. The van der Waals surface area contributed by atoms with E-state index in [1.165, 1.54) is 18.4 Å². The molecule has 0 aliphatic carbocycles. The summed E-state index contributed by atoms with van der Waals surface area (Å²) in [4.78, 5) is 0. The first-order chi connectivity index (χ1) is 7.27. The number of aromatic nitrogens is 2. The van der Waals surface area contributed by atoms with E-state index >= 15 is 0 Å². The van der Waals surface area contributed by atoms with Gasteiger partial charge in [0.15, 0.2) is 0 Å². The van der Waals surface area contributed by atoms with E-state index < -0.39 is 0 Å². The van der Waals surface area contributed by atoms with Crippen molar-refractivity contribution in [3.63, 3.8) is 0 Å². The maximum Gasteiger partial charge on any atom is 0.0638 e. The van der Waals surface area contributed by atoms with Crippen LogP contribution in [0.1, 0.15) is 44.4 Å². The van der Waals surface area contributed by atoms with Crippen LogP contribution in [0.15, 0.2) is 6.20 Å². The standard InChI is InChI=1S/C12H23N3.ClH/c1-4-6-7-13-9-12-10-15(8-5-2)14-11(12)3;/h10,13H,4-9H2,1-3H3;1H. The van der Waals surface area contributed by atoms with E-state index in [0.29, 0.717) is 0 Å². The summed E-state index contributed by atoms with van der Waals surface area (Å²) in [7, 11) is 0. The molecule has 0 amide bonds. The fourth-order valence-corrected chi connectivity index (χ4v) is 1.60. The third kappa shape index (κ3) is 4.99. The van der Waals surface area contributed by atoms with Gasteiger partial charge in [0.05, 0.1) is 5.69 Å². The highest BCUT2D eigenvalue weighted by molar-refractivity contribution is 5.85. The molecule has 0 aliphatic rings. The van der Waals surface area contributed by atoms with Gasteiger partial charge in [-0.1, -0.05) is 20.3 Å². The Bertz CT molecular complexity index is 284. The molecule has 0 fully saturated rings. The topological polar surface area (TPSA) is 29.9 Å². The number of nitrogens with zero attached hydrogens (tertiary/aromatic N) is 2. The summed E-state index contributed by atoms with van der Waals surface area (Å²) in [6, 6.07) is 0. The molecule has 1 N–H and O–H groups in total. The van der Waals surface area contributed by atoms with Gasteiger partial charge in [-0.3, -0.25) is 4.68 Å². The van der Waals surface area contributed by atoms with Gasteiger partial charge in [0.1, 0.15) is 0 Å². The van der Waals surface area contributed by atoms with Gasteiger partial charge in [-0.15, -0.1) is 12.4 Å². The van der Waals surface area contributed by atoms with Crippen molar-refractivity contribution in [2.75, 3.05) is 6.54 Å². The van der Waals surface area contributed by atoms with Gasteiger partial charge in [0.25, 0.3) is 0 Å². The van der Waals surface area contributed by atoms with Crippen molar-refractivity contribution in [2.24, 2.45) is 0 Å².